The van der Waals surface area contributed by atoms with Gasteiger partial charge in [0, 0.05) is 45.5 Å². The van der Waals surface area contributed by atoms with Crippen LogP contribution in [-0.4, -0.2) is 106 Å². The van der Waals surface area contributed by atoms with Gasteiger partial charge in [-0.2, -0.15) is 0 Å². The second-order valence-corrected chi connectivity index (χ2v) is 10.6. The van der Waals surface area contributed by atoms with Crippen molar-refractivity contribution in [2.45, 2.75) is 95.3 Å². The highest BCUT2D eigenvalue weighted by Crippen LogP contribution is 2.44. The lowest BCUT2D eigenvalue weighted by Gasteiger charge is -2.54. The van der Waals surface area contributed by atoms with Crippen molar-refractivity contribution in [3.8, 4) is 0 Å². The molecule has 0 spiro atoms. The number of nitrogens with one attached hydrogen (secondary N) is 1. The Morgan fingerprint density at radius 2 is 1.92 bits per heavy atom. The molecule has 3 fully saturated rings. The van der Waals surface area contributed by atoms with Crippen LogP contribution in [0.15, 0.2) is 12.2 Å². The molecule has 3 heterocycles. The van der Waals surface area contributed by atoms with Crippen molar-refractivity contribution in [3.63, 3.8) is 0 Å². The number of aliphatic hydroxyl groups excluding tert-OH is 2. The molecule has 0 saturated carbocycles. The van der Waals surface area contributed by atoms with E-state index in [4.69, 9.17) is 33.2 Å². The first-order valence-electron chi connectivity index (χ1n) is 12.4. The van der Waals surface area contributed by atoms with Crippen LogP contribution in [0, 0.1) is 11.3 Å². The number of carbonyl (C=O) groups is 1. The van der Waals surface area contributed by atoms with Gasteiger partial charge in [-0.3, -0.25) is 4.79 Å². The molecular weight excluding hydrogens is 474 g/mol. The summed E-state index contributed by atoms with van der Waals surface area (Å²) < 4.78 is 40.7. The first-order valence-corrected chi connectivity index (χ1v) is 12.4. The third-order valence-corrected chi connectivity index (χ3v) is 8.08. The molecule has 1 amide bonds. The Morgan fingerprint density at radius 3 is 2.47 bits per heavy atom. The summed E-state index contributed by atoms with van der Waals surface area (Å²) in [6.07, 6.45) is -4.86. The van der Waals surface area contributed by atoms with Crippen LogP contribution in [0.1, 0.15) is 40.5 Å². The number of amides is 1. The molecule has 3 saturated heterocycles. The maximum atomic E-state index is 13.3. The van der Waals surface area contributed by atoms with Crippen molar-refractivity contribution < 1.29 is 48.2 Å². The van der Waals surface area contributed by atoms with Crippen LogP contribution in [0.5, 0.6) is 0 Å². The zero-order valence-corrected chi connectivity index (χ0v) is 22.4. The number of carbonyl (C=O) groups excluding carboxylic acids is 1. The SMILES string of the molecule is C=C1C[C@](OC)([C@H](O)C(=O)N[C@H]2OCO[C@H]3[C@H]2O[C@H](C[C@@H](CO)OC)C(C)(C)[C@@H]3OC)O[C@H](C)[C@@H]1C. The molecule has 0 radical (unpaired) electrons. The summed E-state index contributed by atoms with van der Waals surface area (Å²) in [6, 6.07) is 0. The second kappa shape index (κ2) is 11.7. The fraction of sp³-hybridized carbons (Fsp3) is 0.880. The van der Waals surface area contributed by atoms with E-state index in [9.17, 15) is 15.0 Å². The van der Waals surface area contributed by atoms with E-state index in [1.54, 1.807) is 7.11 Å². The molecule has 208 valence electrons. The van der Waals surface area contributed by atoms with E-state index in [0.717, 1.165) is 5.57 Å². The molecule has 3 N–H and O–H groups in total. The molecule has 0 aromatic carbocycles. The van der Waals surface area contributed by atoms with Crippen LogP contribution in [0.2, 0.25) is 0 Å². The van der Waals surface area contributed by atoms with E-state index in [0.29, 0.717) is 6.42 Å². The monoisotopic (exact) mass is 517 g/mol. The third-order valence-electron chi connectivity index (χ3n) is 8.08. The van der Waals surface area contributed by atoms with Gasteiger partial charge in [-0.05, 0) is 6.92 Å². The van der Waals surface area contributed by atoms with Gasteiger partial charge in [-0.15, -0.1) is 0 Å². The summed E-state index contributed by atoms with van der Waals surface area (Å²) in [6.45, 7) is 11.6. The minimum absolute atomic E-state index is 0.0554. The van der Waals surface area contributed by atoms with E-state index < -0.39 is 60.0 Å². The summed E-state index contributed by atoms with van der Waals surface area (Å²) in [5.41, 5.74) is 0.321. The molecule has 11 nitrogen and oxygen atoms in total. The third kappa shape index (κ3) is 5.50. The zero-order valence-electron chi connectivity index (χ0n) is 22.4. The molecule has 3 aliphatic heterocycles. The Kier molecular flexibility index (Phi) is 9.57. The number of rotatable bonds is 9. The van der Waals surface area contributed by atoms with Crippen molar-refractivity contribution in [1.82, 2.24) is 5.32 Å². The van der Waals surface area contributed by atoms with Crippen molar-refractivity contribution in [3.05, 3.63) is 12.2 Å². The lowest BCUT2D eigenvalue weighted by molar-refractivity contribution is -0.333. The number of aliphatic hydroxyl groups is 2. The summed E-state index contributed by atoms with van der Waals surface area (Å²) in [5.74, 6) is -2.25. The van der Waals surface area contributed by atoms with E-state index >= 15 is 0 Å². The van der Waals surface area contributed by atoms with Gasteiger partial charge in [0.1, 0.15) is 19.0 Å². The smallest absolute Gasteiger partial charge is 0.256 e. The van der Waals surface area contributed by atoms with Crippen molar-refractivity contribution in [1.29, 1.82) is 0 Å². The molecule has 3 aliphatic rings. The largest absolute Gasteiger partial charge is 0.394 e. The van der Waals surface area contributed by atoms with Gasteiger partial charge < -0.3 is 48.7 Å². The van der Waals surface area contributed by atoms with Crippen LogP contribution < -0.4 is 5.32 Å². The average Bonchev–Trinajstić information content (AvgIpc) is 2.85. The number of methoxy groups -OCH3 is 3. The van der Waals surface area contributed by atoms with Gasteiger partial charge in [-0.1, -0.05) is 32.9 Å². The highest BCUT2D eigenvalue weighted by Gasteiger charge is 2.57. The minimum atomic E-state index is -1.65. The van der Waals surface area contributed by atoms with Crippen LogP contribution >= 0.6 is 0 Å². The predicted molar refractivity (Wildman–Crippen MR) is 128 cm³/mol. The van der Waals surface area contributed by atoms with Gasteiger partial charge in [-0.25, -0.2) is 0 Å². The molecule has 11 heteroatoms. The van der Waals surface area contributed by atoms with E-state index in [-0.39, 0.29) is 31.8 Å². The lowest BCUT2D eigenvalue weighted by atomic mass is 9.72. The first kappa shape index (κ1) is 29.4. The number of ether oxygens (including phenoxy) is 7. The molecule has 0 aliphatic carbocycles. The molecule has 0 aromatic rings. The van der Waals surface area contributed by atoms with Crippen LogP contribution in [-0.2, 0) is 38.0 Å². The van der Waals surface area contributed by atoms with Crippen LogP contribution in [0.4, 0.5) is 0 Å². The van der Waals surface area contributed by atoms with Crippen molar-refractivity contribution in [2.24, 2.45) is 11.3 Å². The van der Waals surface area contributed by atoms with Gasteiger partial charge in [0.15, 0.2) is 12.3 Å². The zero-order chi connectivity index (χ0) is 26.8. The topological polar surface area (TPSA) is 134 Å². The number of hydrogen-bond acceptors (Lipinski definition) is 10. The fourth-order valence-corrected chi connectivity index (χ4v) is 5.42. The Bertz CT molecular complexity index is 774. The van der Waals surface area contributed by atoms with E-state index in [2.05, 4.69) is 11.9 Å². The molecule has 0 unspecified atom stereocenters. The normalized spacial score (nSPS) is 40.2. The first-order chi connectivity index (χ1) is 16.9. The van der Waals surface area contributed by atoms with Crippen molar-refractivity contribution in [2.75, 3.05) is 34.7 Å². The average molecular weight is 518 g/mol. The van der Waals surface area contributed by atoms with Gasteiger partial charge >= 0.3 is 0 Å². The maximum Gasteiger partial charge on any atom is 0.256 e. The second-order valence-electron chi connectivity index (χ2n) is 10.6. The Balaban J connectivity index is 1.80. The molecule has 10 atom stereocenters. The Labute approximate surface area is 213 Å². The van der Waals surface area contributed by atoms with E-state index in [1.165, 1.54) is 14.2 Å². The number of fused-ring (bicyclic) bond motifs is 1. The highest BCUT2D eigenvalue weighted by atomic mass is 16.7. The van der Waals surface area contributed by atoms with Crippen LogP contribution in [0.25, 0.3) is 0 Å². The molecule has 0 bridgehead atoms. The van der Waals surface area contributed by atoms with Gasteiger partial charge in [0.05, 0.1) is 31.0 Å². The summed E-state index contributed by atoms with van der Waals surface area (Å²) in [7, 11) is 4.51. The summed E-state index contributed by atoms with van der Waals surface area (Å²) in [4.78, 5) is 13.3. The summed E-state index contributed by atoms with van der Waals surface area (Å²) >= 11 is 0. The maximum absolute atomic E-state index is 13.3. The minimum Gasteiger partial charge on any atom is -0.394 e. The van der Waals surface area contributed by atoms with Crippen molar-refractivity contribution >= 4 is 5.91 Å². The van der Waals surface area contributed by atoms with Crippen LogP contribution in [0.3, 0.4) is 0 Å². The quantitative estimate of drug-likeness (QED) is 0.376. The predicted octanol–water partition coefficient (Wildman–Crippen LogP) is 0.712. The molecule has 36 heavy (non-hydrogen) atoms. The van der Waals surface area contributed by atoms with Gasteiger partial charge in [0.25, 0.3) is 5.91 Å². The van der Waals surface area contributed by atoms with E-state index in [1.807, 2.05) is 27.7 Å². The van der Waals surface area contributed by atoms with Gasteiger partial charge in [0.2, 0.25) is 5.79 Å². The highest BCUT2D eigenvalue weighted by molar-refractivity contribution is 5.82. The Morgan fingerprint density at radius 1 is 1.22 bits per heavy atom. The fourth-order valence-electron chi connectivity index (χ4n) is 5.42. The number of hydrogen-bond donors (Lipinski definition) is 3. The molecule has 0 aromatic heterocycles. The Hall–Kier alpha value is -1.15. The standard InChI is InChI=1S/C25H43NO10/c1-13-10-25(32-8,36-15(3)14(13)2)20(28)22(29)26-23-19-18(33-12-34-23)21(31-7)24(4,5)17(35-19)9-16(11-27)30-6/h14-21,23,27-28H,1,9-12H2,2-8H3,(H,26,29)/t14-,15-,16+,17-,18+,19-,20-,21-,23+,25-/m1/s1. The lowest BCUT2D eigenvalue weighted by Crippen LogP contribution is -2.69. The summed E-state index contributed by atoms with van der Waals surface area (Å²) in [5, 5.41) is 23.5. The molecule has 3 rings (SSSR count). The molecular formula is C25H43NO10.